The molecule has 0 bridgehead atoms. The summed E-state index contributed by atoms with van der Waals surface area (Å²) in [5.74, 6) is 0.713. The van der Waals surface area contributed by atoms with Crippen molar-refractivity contribution in [3.8, 4) is 5.88 Å². The number of hydrogen-bond acceptors (Lipinski definition) is 4. The van der Waals surface area contributed by atoms with E-state index >= 15 is 0 Å². The minimum atomic E-state index is 0.525. The first-order valence-corrected chi connectivity index (χ1v) is 6.49. The fourth-order valence-electron chi connectivity index (χ4n) is 1.81. The molecule has 0 N–H and O–H groups in total. The highest BCUT2D eigenvalue weighted by Crippen LogP contribution is 2.28. The van der Waals surface area contributed by atoms with Crippen LogP contribution in [0.2, 0.25) is 0 Å². The summed E-state index contributed by atoms with van der Waals surface area (Å²) >= 11 is 1.46. The van der Waals surface area contributed by atoms with E-state index in [1.54, 1.807) is 6.20 Å². The highest BCUT2D eigenvalue weighted by atomic mass is 32.1. The SMILES string of the molecule is Cc1cc(COc2nsc3ccccc23)ccn1. The predicted molar refractivity (Wildman–Crippen MR) is 72.9 cm³/mol. The first-order chi connectivity index (χ1) is 8.83. The molecule has 0 atom stereocenters. The van der Waals surface area contributed by atoms with Gasteiger partial charge in [0.15, 0.2) is 0 Å². The average molecular weight is 256 g/mol. The molecule has 4 heteroatoms. The van der Waals surface area contributed by atoms with E-state index < -0.39 is 0 Å². The number of pyridine rings is 1. The lowest BCUT2D eigenvalue weighted by molar-refractivity contribution is 0.300. The minimum absolute atomic E-state index is 0.525. The van der Waals surface area contributed by atoms with Gasteiger partial charge in [-0.15, -0.1) is 0 Å². The molecule has 0 aliphatic heterocycles. The molecule has 90 valence electrons. The molecule has 2 aromatic heterocycles. The molecule has 0 unspecified atom stereocenters. The van der Waals surface area contributed by atoms with Crippen LogP contribution in [0.5, 0.6) is 5.88 Å². The quantitative estimate of drug-likeness (QED) is 0.718. The van der Waals surface area contributed by atoms with Crippen LogP contribution in [0.25, 0.3) is 10.1 Å². The maximum absolute atomic E-state index is 5.77. The Labute approximate surface area is 109 Å². The lowest BCUT2D eigenvalue weighted by atomic mass is 10.2. The molecule has 0 aliphatic carbocycles. The van der Waals surface area contributed by atoms with Gasteiger partial charge in [0.2, 0.25) is 5.88 Å². The maximum Gasteiger partial charge on any atom is 0.233 e. The standard InChI is InChI=1S/C14H12N2OS/c1-10-8-11(6-7-15-10)9-17-14-12-4-2-3-5-13(12)18-16-14/h2-8H,9H2,1H3. The Hall–Kier alpha value is -1.94. The molecule has 0 aliphatic rings. The van der Waals surface area contributed by atoms with E-state index in [1.807, 2.05) is 37.3 Å². The number of rotatable bonds is 3. The fourth-order valence-corrected chi connectivity index (χ4v) is 2.54. The summed E-state index contributed by atoms with van der Waals surface area (Å²) in [6.07, 6.45) is 1.80. The number of aryl methyl sites for hydroxylation is 1. The van der Waals surface area contributed by atoms with Crippen LogP contribution < -0.4 is 4.74 Å². The molecule has 0 spiro atoms. The van der Waals surface area contributed by atoms with Crippen molar-refractivity contribution in [1.82, 2.24) is 9.36 Å². The van der Waals surface area contributed by atoms with E-state index in [4.69, 9.17) is 4.74 Å². The van der Waals surface area contributed by atoms with Crippen molar-refractivity contribution in [1.29, 1.82) is 0 Å². The normalized spacial score (nSPS) is 10.7. The van der Waals surface area contributed by atoms with Gasteiger partial charge >= 0.3 is 0 Å². The summed E-state index contributed by atoms with van der Waals surface area (Å²) in [5, 5.41) is 1.08. The van der Waals surface area contributed by atoms with E-state index in [2.05, 4.69) is 15.4 Å². The Bertz CT molecular complexity index is 678. The lowest BCUT2D eigenvalue weighted by Crippen LogP contribution is -1.96. The fraction of sp³-hybridized carbons (Fsp3) is 0.143. The summed E-state index contributed by atoms with van der Waals surface area (Å²) in [5.41, 5.74) is 2.11. The topological polar surface area (TPSA) is 35.0 Å². The maximum atomic E-state index is 5.77. The Morgan fingerprint density at radius 1 is 1.22 bits per heavy atom. The van der Waals surface area contributed by atoms with Crippen molar-refractivity contribution < 1.29 is 4.74 Å². The van der Waals surface area contributed by atoms with Gasteiger partial charge < -0.3 is 4.74 Å². The molecule has 0 radical (unpaired) electrons. The first kappa shape index (κ1) is 11.2. The molecule has 18 heavy (non-hydrogen) atoms. The number of fused-ring (bicyclic) bond motifs is 1. The van der Waals surface area contributed by atoms with Crippen molar-refractivity contribution in [3.63, 3.8) is 0 Å². The summed E-state index contributed by atoms with van der Waals surface area (Å²) < 4.78 is 11.3. The Kier molecular flexibility index (Phi) is 2.94. The smallest absolute Gasteiger partial charge is 0.233 e. The molecular formula is C14H12N2OS. The van der Waals surface area contributed by atoms with Crippen LogP contribution in [-0.4, -0.2) is 9.36 Å². The molecule has 3 aromatic rings. The number of hydrogen-bond donors (Lipinski definition) is 0. The number of ether oxygens (including phenoxy) is 1. The molecule has 3 rings (SSSR count). The zero-order valence-electron chi connectivity index (χ0n) is 9.96. The lowest BCUT2D eigenvalue weighted by Gasteiger charge is -2.04. The van der Waals surface area contributed by atoms with E-state index in [9.17, 15) is 0 Å². The zero-order valence-corrected chi connectivity index (χ0v) is 10.8. The van der Waals surface area contributed by atoms with Crippen molar-refractivity contribution >= 4 is 21.6 Å². The van der Waals surface area contributed by atoms with Gasteiger partial charge in [0.25, 0.3) is 0 Å². The van der Waals surface area contributed by atoms with Crippen molar-refractivity contribution in [2.75, 3.05) is 0 Å². The summed E-state index contributed by atoms with van der Waals surface area (Å²) in [6.45, 7) is 2.50. The second-order valence-corrected chi connectivity index (χ2v) is 4.88. The van der Waals surface area contributed by atoms with Gasteiger partial charge in [-0.3, -0.25) is 4.98 Å². The van der Waals surface area contributed by atoms with Crippen LogP contribution in [-0.2, 0) is 6.61 Å². The third kappa shape index (κ3) is 2.19. The number of nitrogens with zero attached hydrogens (tertiary/aromatic N) is 2. The van der Waals surface area contributed by atoms with Crippen LogP contribution in [0.4, 0.5) is 0 Å². The Morgan fingerprint density at radius 3 is 3.00 bits per heavy atom. The third-order valence-corrected chi connectivity index (χ3v) is 3.49. The predicted octanol–water partition coefficient (Wildman–Crippen LogP) is 3.58. The Balaban J connectivity index is 1.81. The highest BCUT2D eigenvalue weighted by Gasteiger charge is 2.06. The molecule has 0 amide bonds. The highest BCUT2D eigenvalue weighted by molar-refractivity contribution is 7.13. The third-order valence-electron chi connectivity index (χ3n) is 2.68. The van der Waals surface area contributed by atoms with Gasteiger partial charge in [-0.2, -0.15) is 4.37 Å². The molecule has 0 fully saturated rings. The van der Waals surface area contributed by atoms with E-state index in [0.29, 0.717) is 12.5 Å². The van der Waals surface area contributed by atoms with Gasteiger partial charge in [-0.25, -0.2) is 0 Å². The van der Waals surface area contributed by atoms with Crippen LogP contribution in [0.1, 0.15) is 11.3 Å². The number of benzene rings is 1. The molecule has 0 saturated heterocycles. The monoisotopic (exact) mass is 256 g/mol. The Morgan fingerprint density at radius 2 is 2.11 bits per heavy atom. The minimum Gasteiger partial charge on any atom is -0.472 e. The molecule has 1 aromatic carbocycles. The van der Waals surface area contributed by atoms with Gasteiger partial charge in [0.05, 0.1) is 10.1 Å². The van der Waals surface area contributed by atoms with Crippen LogP contribution >= 0.6 is 11.5 Å². The van der Waals surface area contributed by atoms with E-state index in [1.165, 1.54) is 11.5 Å². The van der Waals surface area contributed by atoms with Crippen molar-refractivity contribution in [2.24, 2.45) is 0 Å². The molecule has 2 heterocycles. The largest absolute Gasteiger partial charge is 0.472 e. The van der Waals surface area contributed by atoms with Crippen LogP contribution in [0.3, 0.4) is 0 Å². The van der Waals surface area contributed by atoms with Gasteiger partial charge in [0, 0.05) is 11.9 Å². The van der Waals surface area contributed by atoms with E-state index in [0.717, 1.165) is 21.3 Å². The average Bonchev–Trinajstić information content (AvgIpc) is 2.80. The van der Waals surface area contributed by atoms with Crippen LogP contribution in [0.15, 0.2) is 42.6 Å². The summed E-state index contributed by atoms with van der Waals surface area (Å²) in [4.78, 5) is 4.17. The second kappa shape index (κ2) is 4.74. The summed E-state index contributed by atoms with van der Waals surface area (Å²) in [6, 6.07) is 12.1. The molecular weight excluding hydrogens is 244 g/mol. The van der Waals surface area contributed by atoms with Gasteiger partial charge in [-0.05, 0) is 48.3 Å². The van der Waals surface area contributed by atoms with Crippen molar-refractivity contribution in [2.45, 2.75) is 13.5 Å². The van der Waals surface area contributed by atoms with Gasteiger partial charge in [-0.1, -0.05) is 12.1 Å². The van der Waals surface area contributed by atoms with E-state index in [-0.39, 0.29) is 0 Å². The second-order valence-electron chi connectivity index (χ2n) is 4.08. The number of aromatic nitrogens is 2. The van der Waals surface area contributed by atoms with Gasteiger partial charge in [0.1, 0.15) is 6.61 Å². The van der Waals surface area contributed by atoms with Crippen molar-refractivity contribution in [3.05, 3.63) is 53.9 Å². The van der Waals surface area contributed by atoms with Crippen LogP contribution in [0, 0.1) is 6.92 Å². The molecule has 3 nitrogen and oxygen atoms in total. The zero-order chi connectivity index (χ0) is 12.4. The first-order valence-electron chi connectivity index (χ1n) is 5.72. The molecule has 0 saturated carbocycles. The summed E-state index contributed by atoms with van der Waals surface area (Å²) in [7, 11) is 0.